The fraction of sp³-hybridized carbons (Fsp3) is 0.444. The number of carbonyl (C=O) groups excluding carboxylic acids is 1. The number of nitrogens with one attached hydrogen (secondary N) is 1. The molecule has 0 bridgehead atoms. The van der Waals surface area contributed by atoms with E-state index in [4.69, 9.17) is 0 Å². The van der Waals surface area contributed by atoms with Gasteiger partial charge in [-0.25, -0.2) is 9.97 Å². The van der Waals surface area contributed by atoms with E-state index in [1.165, 1.54) is 18.7 Å². The number of aromatic nitrogens is 2. The molecule has 76 valence electrons. The van der Waals surface area contributed by atoms with Crippen molar-refractivity contribution in [3.8, 4) is 0 Å². The van der Waals surface area contributed by atoms with E-state index in [1.807, 2.05) is 6.92 Å². The van der Waals surface area contributed by atoms with Crippen molar-refractivity contribution in [3.63, 3.8) is 0 Å². The molecule has 1 aromatic rings. The van der Waals surface area contributed by atoms with Crippen LogP contribution in [0.5, 0.6) is 0 Å². The summed E-state index contributed by atoms with van der Waals surface area (Å²) in [6.45, 7) is 2.69. The molecule has 0 aromatic carbocycles. The maximum absolute atomic E-state index is 11.4. The minimum absolute atomic E-state index is 0.126. The number of amides is 1. The zero-order valence-electron chi connectivity index (χ0n) is 7.90. The van der Waals surface area contributed by atoms with Crippen LogP contribution in [0.2, 0.25) is 0 Å². The van der Waals surface area contributed by atoms with Crippen LogP contribution in [0.3, 0.4) is 0 Å². The van der Waals surface area contributed by atoms with Crippen LogP contribution >= 0.6 is 15.9 Å². The fourth-order valence-corrected chi connectivity index (χ4v) is 1.13. The summed E-state index contributed by atoms with van der Waals surface area (Å²) >= 11 is 3.40. The summed E-state index contributed by atoms with van der Waals surface area (Å²) in [6, 6.07) is 0. The number of halogens is 1. The first-order chi connectivity index (χ1) is 6.70. The maximum Gasteiger partial charge on any atom is 0.254 e. The lowest BCUT2D eigenvalue weighted by Crippen LogP contribution is -2.25. The standard InChI is InChI=1S/C9H12BrN3O/c1-7(10)2-3-13-9(14)8-4-11-6-12-5-8/h4-7H,2-3H2,1H3,(H,13,14). The molecule has 1 unspecified atom stereocenters. The second-order valence-electron chi connectivity index (χ2n) is 2.95. The first-order valence-corrected chi connectivity index (χ1v) is 5.29. The van der Waals surface area contributed by atoms with Gasteiger partial charge in [-0.1, -0.05) is 22.9 Å². The van der Waals surface area contributed by atoms with Gasteiger partial charge < -0.3 is 5.32 Å². The molecular weight excluding hydrogens is 246 g/mol. The molecule has 1 aromatic heterocycles. The molecule has 1 rings (SSSR count). The molecule has 4 nitrogen and oxygen atoms in total. The van der Waals surface area contributed by atoms with E-state index in [-0.39, 0.29) is 5.91 Å². The molecule has 1 amide bonds. The lowest BCUT2D eigenvalue weighted by Gasteiger charge is -2.05. The first-order valence-electron chi connectivity index (χ1n) is 4.37. The molecular formula is C9H12BrN3O. The monoisotopic (exact) mass is 257 g/mol. The van der Waals surface area contributed by atoms with Crippen molar-refractivity contribution in [1.82, 2.24) is 15.3 Å². The lowest BCUT2D eigenvalue weighted by molar-refractivity contribution is 0.0952. The van der Waals surface area contributed by atoms with Crippen molar-refractivity contribution in [2.45, 2.75) is 18.2 Å². The molecule has 0 aliphatic rings. The highest BCUT2D eigenvalue weighted by Crippen LogP contribution is 2.01. The van der Waals surface area contributed by atoms with E-state index in [1.54, 1.807) is 0 Å². The highest BCUT2D eigenvalue weighted by Gasteiger charge is 2.04. The van der Waals surface area contributed by atoms with Gasteiger partial charge in [-0.3, -0.25) is 4.79 Å². The summed E-state index contributed by atoms with van der Waals surface area (Å²) < 4.78 is 0. The number of carbonyl (C=O) groups is 1. The van der Waals surface area contributed by atoms with Crippen LogP contribution in [0.25, 0.3) is 0 Å². The van der Waals surface area contributed by atoms with E-state index in [9.17, 15) is 4.79 Å². The second-order valence-corrected chi connectivity index (χ2v) is 4.52. The van der Waals surface area contributed by atoms with E-state index in [2.05, 4.69) is 31.2 Å². The summed E-state index contributed by atoms with van der Waals surface area (Å²) in [6.07, 6.45) is 5.30. The molecule has 0 fully saturated rings. The predicted octanol–water partition coefficient (Wildman–Crippen LogP) is 1.38. The number of rotatable bonds is 4. The number of hydrogen-bond donors (Lipinski definition) is 1. The SMILES string of the molecule is CC(Br)CCNC(=O)c1cncnc1. The molecule has 1 heterocycles. The predicted molar refractivity (Wildman–Crippen MR) is 57.4 cm³/mol. The average Bonchev–Trinajstić information content (AvgIpc) is 2.18. The molecule has 14 heavy (non-hydrogen) atoms. The Morgan fingerprint density at radius 3 is 2.79 bits per heavy atom. The summed E-state index contributed by atoms with van der Waals surface area (Å²) in [5, 5.41) is 2.78. The van der Waals surface area contributed by atoms with Crippen LogP contribution < -0.4 is 5.32 Å². The molecule has 0 radical (unpaired) electrons. The third-order valence-electron chi connectivity index (χ3n) is 1.65. The third kappa shape index (κ3) is 3.83. The molecule has 0 saturated carbocycles. The first kappa shape index (κ1) is 11.1. The Hall–Kier alpha value is -0.970. The van der Waals surface area contributed by atoms with Crippen molar-refractivity contribution in [3.05, 3.63) is 24.3 Å². The lowest BCUT2D eigenvalue weighted by atomic mass is 10.3. The largest absolute Gasteiger partial charge is 0.352 e. The highest BCUT2D eigenvalue weighted by molar-refractivity contribution is 9.09. The number of nitrogens with zero attached hydrogens (tertiary/aromatic N) is 2. The van der Waals surface area contributed by atoms with Gasteiger partial charge in [-0.05, 0) is 6.42 Å². The van der Waals surface area contributed by atoms with Gasteiger partial charge in [0.15, 0.2) is 0 Å². The van der Waals surface area contributed by atoms with Crippen molar-refractivity contribution in [1.29, 1.82) is 0 Å². The molecule has 0 aliphatic carbocycles. The highest BCUT2D eigenvalue weighted by atomic mass is 79.9. The quantitative estimate of drug-likeness (QED) is 0.830. The Morgan fingerprint density at radius 2 is 2.21 bits per heavy atom. The van der Waals surface area contributed by atoms with Gasteiger partial charge in [0, 0.05) is 23.8 Å². The van der Waals surface area contributed by atoms with E-state index in [0.29, 0.717) is 16.9 Å². The Kier molecular flexibility index (Phi) is 4.52. The molecule has 5 heteroatoms. The maximum atomic E-state index is 11.4. The van der Waals surface area contributed by atoms with E-state index < -0.39 is 0 Å². The van der Waals surface area contributed by atoms with Crippen molar-refractivity contribution >= 4 is 21.8 Å². The van der Waals surface area contributed by atoms with E-state index >= 15 is 0 Å². The number of alkyl halides is 1. The van der Waals surface area contributed by atoms with Gasteiger partial charge in [0.1, 0.15) is 6.33 Å². The summed E-state index contributed by atoms with van der Waals surface area (Å²) in [5.74, 6) is -0.126. The Morgan fingerprint density at radius 1 is 1.57 bits per heavy atom. The minimum atomic E-state index is -0.126. The number of hydrogen-bond acceptors (Lipinski definition) is 3. The van der Waals surface area contributed by atoms with Crippen molar-refractivity contribution in [2.75, 3.05) is 6.54 Å². The zero-order chi connectivity index (χ0) is 10.4. The molecule has 0 spiro atoms. The zero-order valence-corrected chi connectivity index (χ0v) is 9.49. The van der Waals surface area contributed by atoms with Gasteiger partial charge in [-0.2, -0.15) is 0 Å². The summed E-state index contributed by atoms with van der Waals surface area (Å²) in [5.41, 5.74) is 0.495. The van der Waals surface area contributed by atoms with Gasteiger partial charge in [0.25, 0.3) is 5.91 Å². The average molecular weight is 258 g/mol. The summed E-state index contributed by atoms with van der Waals surface area (Å²) in [7, 11) is 0. The van der Waals surface area contributed by atoms with Crippen LogP contribution in [0.4, 0.5) is 0 Å². The van der Waals surface area contributed by atoms with Gasteiger partial charge in [-0.15, -0.1) is 0 Å². The molecule has 1 N–H and O–H groups in total. The Balaban J connectivity index is 2.36. The van der Waals surface area contributed by atoms with Crippen LogP contribution in [0, 0.1) is 0 Å². The molecule has 1 atom stereocenters. The Labute approximate surface area is 91.3 Å². The normalized spacial score (nSPS) is 12.1. The third-order valence-corrected chi connectivity index (χ3v) is 2.11. The smallest absolute Gasteiger partial charge is 0.254 e. The second kappa shape index (κ2) is 5.70. The Bertz CT molecular complexity index is 289. The molecule has 0 aliphatic heterocycles. The summed E-state index contributed by atoms with van der Waals surface area (Å²) in [4.78, 5) is 19.4. The van der Waals surface area contributed by atoms with Crippen LogP contribution in [-0.2, 0) is 0 Å². The van der Waals surface area contributed by atoms with Crippen molar-refractivity contribution < 1.29 is 4.79 Å². The van der Waals surface area contributed by atoms with Gasteiger partial charge >= 0.3 is 0 Å². The van der Waals surface area contributed by atoms with E-state index in [0.717, 1.165) is 6.42 Å². The minimum Gasteiger partial charge on any atom is -0.352 e. The van der Waals surface area contributed by atoms with Crippen LogP contribution in [0.1, 0.15) is 23.7 Å². The molecule has 0 saturated heterocycles. The fourth-order valence-electron chi connectivity index (χ4n) is 0.903. The van der Waals surface area contributed by atoms with Gasteiger partial charge in [0.2, 0.25) is 0 Å². The topological polar surface area (TPSA) is 54.9 Å². The van der Waals surface area contributed by atoms with Crippen molar-refractivity contribution in [2.24, 2.45) is 0 Å². The van der Waals surface area contributed by atoms with Crippen LogP contribution in [0.15, 0.2) is 18.7 Å². The van der Waals surface area contributed by atoms with Gasteiger partial charge in [0.05, 0.1) is 5.56 Å². The van der Waals surface area contributed by atoms with Crippen LogP contribution in [-0.4, -0.2) is 27.2 Å².